The van der Waals surface area contributed by atoms with Crippen molar-refractivity contribution in [3.05, 3.63) is 71.4 Å². The van der Waals surface area contributed by atoms with Gasteiger partial charge >= 0.3 is 6.18 Å². The number of aromatic nitrogens is 1. The van der Waals surface area contributed by atoms with Crippen molar-refractivity contribution >= 4 is 17.3 Å². The summed E-state index contributed by atoms with van der Waals surface area (Å²) in [5.74, 6) is 0.760. The van der Waals surface area contributed by atoms with Crippen LogP contribution >= 0.6 is 11.6 Å². The fourth-order valence-electron chi connectivity index (χ4n) is 3.74. The van der Waals surface area contributed by atoms with Gasteiger partial charge in [0.05, 0.1) is 24.4 Å². The van der Waals surface area contributed by atoms with Crippen LogP contribution in [0.25, 0.3) is 11.1 Å². The zero-order valence-electron chi connectivity index (χ0n) is 17.6. The summed E-state index contributed by atoms with van der Waals surface area (Å²) >= 11 is 6.34. The van der Waals surface area contributed by atoms with E-state index in [1.54, 1.807) is 0 Å². The molecule has 0 spiro atoms. The van der Waals surface area contributed by atoms with Crippen molar-refractivity contribution in [3.63, 3.8) is 0 Å². The van der Waals surface area contributed by atoms with Gasteiger partial charge < -0.3 is 19.5 Å². The quantitative estimate of drug-likeness (QED) is 0.489. The van der Waals surface area contributed by atoms with Gasteiger partial charge in [0.2, 0.25) is 5.88 Å². The number of benzene rings is 2. The lowest BCUT2D eigenvalue weighted by molar-refractivity contribution is -0.137. The molecule has 1 aliphatic rings. The average molecular weight is 479 g/mol. The molecule has 3 aromatic rings. The van der Waals surface area contributed by atoms with Gasteiger partial charge in [0, 0.05) is 35.8 Å². The summed E-state index contributed by atoms with van der Waals surface area (Å²) in [7, 11) is 0. The molecule has 0 amide bonds. The Morgan fingerprint density at radius 1 is 1.12 bits per heavy atom. The molecule has 1 fully saturated rings. The summed E-state index contributed by atoms with van der Waals surface area (Å²) in [6.45, 7) is 1.21. The standard InChI is InChI=1S/C24H22ClF3N2O3/c25-20-4-2-1-3-19(20)16-5-7-21(22(13-16)32-12-11-31)30-10-9-18(15-30)33-23-8-6-17(14-29-23)24(26,27)28/h1-8,13-14,18,31H,9-12,15H2. The van der Waals surface area contributed by atoms with Crippen molar-refractivity contribution in [2.45, 2.75) is 18.7 Å². The van der Waals surface area contributed by atoms with E-state index < -0.39 is 11.7 Å². The van der Waals surface area contributed by atoms with Crippen LogP contribution in [-0.4, -0.2) is 42.5 Å². The summed E-state index contributed by atoms with van der Waals surface area (Å²) in [4.78, 5) is 5.87. The molecule has 4 rings (SSSR count). The molecule has 33 heavy (non-hydrogen) atoms. The van der Waals surface area contributed by atoms with Crippen LogP contribution in [0.5, 0.6) is 11.6 Å². The van der Waals surface area contributed by atoms with Gasteiger partial charge in [0.1, 0.15) is 18.5 Å². The first-order valence-corrected chi connectivity index (χ1v) is 10.8. The molecule has 2 heterocycles. The monoisotopic (exact) mass is 478 g/mol. The van der Waals surface area contributed by atoms with Gasteiger partial charge in [-0.2, -0.15) is 13.2 Å². The first kappa shape index (κ1) is 23.2. The summed E-state index contributed by atoms with van der Waals surface area (Å²) < 4.78 is 49.8. The van der Waals surface area contributed by atoms with E-state index >= 15 is 0 Å². The third kappa shape index (κ3) is 5.51. The Hall–Kier alpha value is -2.97. The van der Waals surface area contributed by atoms with Crippen LogP contribution in [0, 0.1) is 0 Å². The number of anilines is 1. The minimum atomic E-state index is -4.43. The van der Waals surface area contributed by atoms with E-state index in [1.165, 1.54) is 6.07 Å². The Labute approximate surface area is 194 Å². The molecule has 0 radical (unpaired) electrons. The molecular formula is C24H22ClF3N2O3. The Morgan fingerprint density at radius 2 is 1.94 bits per heavy atom. The molecule has 1 atom stereocenters. The summed E-state index contributed by atoms with van der Waals surface area (Å²) in [5.41, 5.74) is 1.78. The van der Waals surface area contributed by atoms with Crippen LogP contribution in [0.3, 0.4) is 0 Å². The van der Waals surface area contributed by atoms with Gasteiger partial charge in [-0.05, 0) is 29.8 Å². The molecule has 1 N–H and O–H groups in total. The minimum absolute atomic E-state index is 0.124. The van der Waals surface area contributed by atoms with Gasteiger partial charge in [-0.3, -0.25) is 0 Å². The molecule has 0 aliphatic carbocycles. The Balaban J connectivity index is 1.50. The number of ether oxygens (including phenoxy) is 2. The number of nitrogens with zero attached hydrogens (tertiary/aromatic N) is 2. The molecule has 1 unspecified atom stereocenters. The van der Waals surface area contributed by atoms with E-state index in [0.29, 0.717) is 30.3 Å². The lowest BCUT2D eigenvalue weighted by Gasteiger charge is -2.23. The molecule has 0 saturated carbocycles. The summed E-state index contributed by atoms with van der Waals surface area (Å²) in [5, 5.41) is 9.86. The number of aliphatic hydroxyl groups is 1. The molecule has 1 aromatic heterocycles. The minimum Gasteiger partial charge on any atom is -0.489 e. The third-order valence-corrected chi connectivity index (χ3v) is 5.66. The topological polar surface area (TPSA) is 54.8 Å². The second-order valence-corrected chi connectivity index (χ2v) is 8.00. The Morgan fingerprint density at radius 3 is 2.64 bits per heavy atom. The van der Waals surface area contributed by atoms with Gasteiger partial charge in [-0.25, -0.2) is 4.98 Å². The zero-order chi connectivity index (χ0) is 23.4. The molecule has 1 aliphatic heterocycles. The third-order valence-electron chi connectivity index (χ3n) is 5.33. The maximum Gasteiger partial charge on any atom is 0.417 e. The van der Waals surface area contributed by atoms with Gasteiger partial charge in [0.25, 0.3) is 0 Å². The van der Waals surface area contributed by atoms with Crippen LogP contribution in [-0.2, 0) is 6.18 Å². The van der Waals surface area contributed by atoms with Crippen LogP contribution in [0.15, 0.2) is 60.8 Å². The van der Waals surface area contributed by atoms with E-state index in [2.05, 4.69) is 9.88 Å². The SMILES string of the molecule is OCCOc1cc(-c2ccccc2Cl)ccc1N1CCC(Oc2ccc(C(F)(F)F)cn2)C1. The average Bonchev–Trinajstić information content (AvgIpc) is 3.26. The van der Waals surface area contributed by atoms with Crippen molar-refractivity contribution in [2.75, 3.05) is 31.2 Å². The van der Waals surface area contributed by atoms with Crippen molar-refractivity contribution in [1.82, 2.24) is 4.98 Å². The number of halogens is 4. The second kappa shape index (κ2) is 9.89. The molecule has 5 nitrogen and oxygen atoms in total. The number of hydrogen-bond acceptors (Lipinski definition) is 5. The maximum absolute atomic E-state index is 12.7. The maximum atomic E-state index is 12.7. The van der Waals surface area contributed by atoms with Crippen LogP contribution in [0.2, 0.25) is 5.02 Å². The van der Waals surface area contributed by atoms with Crippen LogP contribution in [0.1, 0.15) is 12.0 Å². The van der Waals surface area contributed by atoms with E-state index in [0.717, 1.165) is 29.1 Å². The highest BCUT2D eigenvalue weighted by molar-refractivity contribution is 6.33. The van der Waals surface area contributed by atoms with E-state index in [4.69, 9.17) is 21.1 Å². The van der Waals surface area contributed by atoms with Crippen molar-refractivity contribution < 1.29 is 27.8 Å². The van der Waals surface area contributed by atoms with Crippen LogP contribution in [0.4, 0.5) is 18.9 Å². The smallest absolute Gasteiger partial charge is 0.417 e. The molecule has 1 saturated heterocycles. The largest absolute Gasteiger partial charge is 0.489 e. The van der Waals surface area contributed by atoms with E-state index in [1.807, 2.05) is 42.5 Å². The molecular weight excluding hydrogens is 457 g/mol. The normalized spacial score (nSPS) is 16.2. The Kier molecular flexibility index (Phi) is 6.95. The van der Waals surface area contributed by atoms with Crippen molar-refractivity contribution in [1.29, 1.82) is 0 Å². The van der Waals surface area contributed by atoms with Gasteiger partial charge in [0.15, 0.2) is 0 Å². The van der Waals surface area contributed by atoms with Crippen LogP contribution < -0.4 is 14.4 Å². The summed E-state index contributed by atoms with van der Waals surface area (Å²) in [6, 6.07) is 15.5. The predicted molar refractivity (Wildman–Crippen MR) is 120 cm³/mol. The van der Waals surface area contributed by atoms with Gasteiger partial charge in [-0.15, -0.1) is 0 Å². The highest BCUT2D eigenvalue weighted by atomic mass is 35.5. The fraction of sp³-hybridized carbons (Fsp3) is 0.292. The number of rotatable bonds is 7. The van der Waals surface area contributed by atoms with Crippen molar-refractivity contribution in [3.8, 4) is 22.8 Å². The highest BCUT2D eigenvalue weighted by Gasteiger charge is 2.31. The number of pyridine rings is 1. The van der Waals surface area contributed by atoms with Crippen molar-refractivity contribution in [2.24, 2.45) is 0 Å². The summed E-state index contributed by atoms with van der Waals surface area (Å²) in [6.07, 6.45) is -3.22. The van der Waals surface area contributed by atoms with Gasteiger partial charge in [-0.1, -0.05) is 35.9 Å². The first-order chi connectivity index (χ1) is 15.8. The molecule has 2 aromatic carbocycles. The lowest BCUT2D eigenvalue weighted by Crippen LogP contribution is -2.25. The number of hydrogen-bond donors (Lipinski definition) is 1. The molecule has 9 heteroatoms. The predicted octanol–water partition coefficient (Wildman–Crippen LogP) is 5.45. The first-order valence-electron chi connectivity index (χ1n) is 10.4. The molecule has 174 valence electrons. The highest BCUT2D eigenvalue weighted by Crippen LogP contribution is 2.37. The lowest BCUT2D eigenvalue weighted by atomic mass is 10.0. The molecule has 0 bridgehead atoms. The fourth-order valence-corrected chi connectivity index (χ4v) is 3.99. The number of alkyl halides is 3. The number of aliphatic hydroxyl groups excluding tert-OH is 1. The Bertz CT molecular complexity index is 1090. The second-order valence-electron chi connectivity index (χ2n) is 7.59. The van der Waals surface area contributed by atoms with E-state index in [9.17, 15) is 18.3 Å². The zero-order valence-corrected chi connectivity index (χ0v) is 18.3. The van der Waals surface area contributed by atoms with E-state index in [-0.39, 0.29) is 25.2 Å².